The molecule has 1 heterocycles. The van der Waals surface area contributed by atoms with Crippen LogP contribution in [0, 0.1) is 12.8 Å². The molecule has 7 nitrogen and oxygen atoms in total. The number of aliphatic carboxylic acids is 1. The van der Waals surface area contributed by atoms with Crippen molar-refractivity contribution in [2.75, 3.05) is 20.2 Å². The Bertz CT molecular complexity index is 712. The lowest BCUT2D eigenvalue weighted by atomic mass is 10.1. The summed E-state index contributed by atoms with van der Waals surface area (Å²) in [6.07, 6.45) is 0.299. The number of rotatable bonds is 4. The lowest BCUT2D eigenvalue weighted by Crippen LogP contribution is -2.30. The summed E-state index contributed by atoms with van der Waals surface area (Å²) in [6, 6.07) is 4.19. The van der Waals surface area contributed by atoms with E-state index in [0.717, 1.165) is 0 Å². The third-order valence-corrected chi connectivity index (χ3v) is 5.74. The smallest absolute Gasteiger partial charge is 0.337 e. The second-order valence-electron chi connectivity index (χ2n) is 5.16. The van der Waals surface area contributed by atoms with Crippen LogP contribution in [0.25, 0.3) is 0 Å². The lowest BCUT2D eigenvalue weighted by Gasteiger charge is -2.17. The monoisotopic (exact) mass is 327 g/mol. The molecule has 0 amide bonds. The summed E-state index contributed by atoms with van der Waals surface area (Å²) >= 11 is 0. The van der Waals surface area contributed by atoms with Crippen molar-refractivity contribution >= 4 is 22.0 Å². The molecule has 1 aromatic carbocycles. The van der Waals surface area contributed by atoms with E-state index in [1.54, 1.807) is 6.92 Å². The zero-order valence-corrected chi connectivity index (χ0v) is 13.1. The van der Waals surface area contributed by atoms with Crippen molar-refractivity contribution in [2.24, 2.45) is 5.92 Å². The van der Waals surface area contributed by atoms with Gasteiger partial charge in [0.2, 0.25) is 10.0 Å². The van der Waals surface area contributed by atoms with E-state index in [4.69, 9.17) is 5.11 Å². The first kappa shape index (κ1) is 16.4. The molecule has 2 rings (SSSR count). The Hall–Kier alpha value is -1.93. The number of carboxylic acids is 1. The van der Waals surface area contributed by atoms with Gasteiger partial charge in [0.25, 0.3) is 0 Å². The van der Waals surface area contributed by atoms with Gasteiger partial charge in [-0.3, -0.25) is 4.79 Å². The molecule has 0 bridgehead atoms. The molecule has 0 radical (unpaired) electrons. The molecule has 0 aliphatic carbocycles. The predicted octanol–water partition coefficient (Wildman–Crippen LogP) is 0.877. The van der Waals surface area contributed by atoms with E-state index in [2.05, 4.69) is 4.74 Å². The zero-order chi connectivity index (χ0) is 16.5. The molecule has 1 aromatic rings. The van der Waals surface area contributed by atoms with E-state index in [1.807, 2.05) is 0 Å². The quantitative estimate of drug-likeness (QED) is 0.824. The van der Waals surface area contributed by atoms with Gasteiger partial charge in [0.1, 0.15) is 0 Å². The summed E-state index contributed by atoms with van der Waals surface area (Å²) < 4.78 is 30.9. The number of esters is 1. The number of carbonyl (C=O) groups excluding carboxylic acids is 1. The zero-order valence-electron chi connectivity index (χ0n) is 12.3. The maximum atomic E-state index is 12.6. The van der Waals surface area contributed by atoms with Crippen LogP contribution in [0.4, 0.5) is 0 Å². The number of benzene rings is 1. The number of hydrogen-bond acceptors (Lipinski definition) is 5. The van der Waals surface area contributed by atoms with Gasteiger partial charge in [-0.25, -0.2) is 13.2 Å². The molecule has 8 heteroatoms. The molecular formula is C14H17NO6S. The fraction of sp³-hybridized carbons (Fsp3) is 0.429. The standard InChI is InChI=1S/C14H17NO6S/c1-9-7-10(14(18)21-2)3-4-12(9)22(19,20)15-6-5-11(8-15)13(16)17/h3-4,7,11H,5-6,8H2,1-2H3,(H,16,17). The normalized spacial score (nSPS) is 19.1. The van der Waals surface area contributed by atoms with Gasteiger partial charge < -0.3 is 9.84 Å². The topological polar surface area (TPSA) is 101 Å². The minimum Gasteiger partial charge on any atom is -0.481 e. The van der Waals surface area contributed by atoms with Gasteiger partial charge in [0.15, 0.2) is 0 Å². The highest BCUT2D eigenvalue weighted by atomic mass is 32.2. The Labute approximate surface area is 128 Å². The first-order chi connectivity index (χ1) is 10.3. The summed E-state index contributed by atoms with van der Waals surface area (Å²) in [6.45, 7) is 1.73. The minimum absolute atomic E-state index is 0.0319. The second-order valence-corrected chi connectivity index (χ2v) is 7.07. The second kappa shape index (κ2) is 6.05. The molecule has 120 valence electrons. The number of carboxylic acid groups (broad SMARTS) is 1. The van der Waals surface area contributed by atoms with Crippen LogP contribution in [0.3, 0.4) is 0 Å². The van der Waals surface area contributed by atoms with Gasteiger partial charge in [-0.2, -0.15) is 4.31 Å². The predicted molar refractivity (Wildman–Crippen MR) is 77.0 cm³/mol. The summed E-state index contributed by atoms with van der Waals surface area (Å²) in [7, 11) is -2.52. The molecule has 0 saturated carbocycles. The molecule has 0 spiro atoms. The Morgan fingerprint density at radius 1 is 1.36 bits per heavy atom. The van der Waals surface area contributed by atoms with Crippen LogP contribution >= 0.6 is 0 Å². The summed E-state index contributed by atoms with van der Waals surface area (Å²) in [5.74, 6) is -2.21. The van der Waals surface area contributed by atoms with Crippen molar-refractivity contribution in [2.45, 2.75) is 18.2 Å². The third-order valence-electron chi connectivity index (χ3n) is 3.71. The minimum atomic E-state index is -3.77. The van der Waals surface area contributed by atoms with Crippen molar-refractivity contribution in [3.05, 3.63) is 29.3 Å². The SMILES string of the molecule is COC(=O)c1ccc(S(=O)(=O)N2CCC(C(=O)O)C2)c(C)c1. The number of sulfonamides is 1. The Kier molecular flexibility index (Phi) is 4.52. The van der Waals surface area contributed by atoms with Crippen LogP contribution in [0.5, 0.6) is 0 Å². The van der Waals surface area contributed by atoms with E-state index in [1.165, 1.54) is 29.6 Å². The maximum Gasteiger partial charge on any atom is 0.337 e. The fourth-order valence-corrected chi connectivity index (χ4v) is 4.18. The van der Waals surface area contributed by atoms with Crippen molar-refractivity contribution in [3.8, 4) is 0 Å². The molecule has 22 heavy (non-hydrogen) atoms. The number of aryl methyl sites for hydroxylation is 1. The Balaban J connectivity index is 2.31. The summed E-state index contributed by atoms with van der Waals surface area (Å²) in [5.41, 5.74) is 0.686. The number of ether oxygens (including phenoxy) is 1. The van der Waals surface area contributed by atoms with Crippen LogP contribution in [0.2, 0.25) is 0 Å². The van der Waals surface area contributed by atoms with Gasteiger partial charge in [-0.15, -0.1) is 0 Å². The number of methoxy groups -OCH3 is 1. The van der Waals surface area contributed by atoms with E-state index >= 15 is 0 Å². The van der Waals surface area contributed by atoms with Gasteiger partial charge >= 0.3 is 11.9 Å². The van der Waals surface area contributed by atoms with Gasteiger partial charge in [-0.05, 0) is 37.1 Å². The molecule has 1 N–H and O–H groups in total. The van der Waals surface area contributed by atoms with E-state index in [-0.39, 0.29) is 23.5 Å². The van der Waals surface area contributed by atoms with Crippen LogP contribution in [0.1, 0.15) is 22.3 Å². The number of hydrogen-bond donors (Lipinski definition) is 1. The maximum absolute atomic E-state index is 12.6. The first-order valence-corrected chi connectivity index (χ1v) is 8.13. The molecular weight excluding hydrogens is 310 g/mol. The largest absolute Gasteiger partial charge is 0.481 e. The van der Waals surface area contributed by atoms with Crippen molar-refractivity contribution in [1.29, 1.82) is 0 Å². The number of carbonyl (C=O) groups is 2. The molecule has 1 aliphatic heterocycles. The fourth-order valence-electron chi connectivity index (χ4n) is 2.47. The Morgan fingerprint density at radius 2 is 2.05 bits per heavy atom. The highest BCUT2D eigenvalue weighted by Gasteiger charge is 2.36. The summed E-state index contributed by atoms with van der Waals surface area (Å²) in [4.78, 5) is 22.5. The van der Waals surface area contributed by atoms with Crippen LogP contribution in [0.15, 0.2) is 23.1 Å². The summed E-state index contributed by atoms with van der Waals surface area (Å²) in [5, 5.41) is 8.97. The third kappa shape index (κ3) is 2.97. The van der Waals surface area contributed by atoms with E-state index in [0.29, 0.717) is 12.0 Å². The average molecular weight is 327 g/mol. The van der Waals surface area contributed by atoms with Crippen molar-refractivity contribution in [1.82, 2.24) is 4.31 Å². The first-order valence-electron chi connectivity index (χ1n) is 6.69. The molecule has 1 saturated heterocycles. The van der Waals surface area contributed by atoms with Crippen molar-refractivity contribution < 1.29 is 27.9 Å². The van der Waals surface area contributed by atoms with Crippen LogP contribution in [-0.4, -0.2) is 50.0 Å². The van der Waals surface area contributed by atoms with Gasteiger partial charge in [0.05, 0.1) is 23.5 Å². The van der Waals surface area contributed by atoms with Crippen LogP contribution < -0.4 is 0 Å². The van der Waals surface area contributed by atoms with Crippen LogP contribution in [-0.2, 0) is 19.6 Å². The number of nitrogens with zero attached hydrogens (tertiary/aromatic N) is 1. The Morgan fingerprint density at radius 3 is 2.55 bits per heavy atom. The van der Waals surface area contributed by atoms with E-state index in [9.17, 15) is 18.0 Å². The highest BCUT2D eigenvalue weighted by molar-refractivity contribution is 7.89. The van der Waals surface area contributed by atoms with E-state index < -0.39 is 27.9 Å². The van der Waals surface area contributed by atoms with Crippen molar-refractivity contribution in [3.63, 3.8) is 0 Å². The lowest BCUT2D eigenvalue weighted by molar-refractivity contribution is -0.141. The van der Waals surface area contributed by atoms with Gasteiger partial charge in [0, 0.05) is 13.1 Å². The average Bonchev–Trinajstić information content (AvgIpc) is 2.96. The molecule has 1 unspecified atom stereocenters. The molecule has 0 aromatic heterocycles. The highest BCUT2D eigenvalue weighted by Crippen LogP contribution is 2.27. The van der Waals surface area contributed by atoms with Gasteiger partial charge in [-0.1, -0.05) is 0 Å². The molecule has 1 fully saturated rings. The molecule has 1 atom stereocenters. The molecule has 1 aliphatic rings.